The zero-order valence-corrected chi connectivity index (χ0v) is 7.74. The van der Waals surface area contributed by atoms with Gasteiger partial charge in [-0.15, -0.1) is 0 Å². The van der Waals surface area contributed by atoms with Crippen molar-refractivity contribution in [1.82, 2.24) is 9.97 Å². The van der Waals surface area contributed by atoms with Gasteiger partial charge >= 0.3 is 0 Å². The molecule has 0 aliphatic rings. The van der Waals surface area contributed by atoms with Gasteiger partial charge in [0.2, 0.25) is 5.28 Å². The Morgan fingerprint density at radius 3 is 2.83 bits per heavy atom. The van der Waals surface area contributed by atoms with Crippen LogP contribution in [0.15, 0.2) is 12.1 Å². The maximum atomic E-state index is 5.74. The van der Waals surface area contributed by atoms with Crippen LogP contribution in [0.5, 0.6) is 0 Å². The summed E-state index contributed by atoms with van der Waals surface area (Å²) in [7, 11) is 0. The molecule has 0 amide bonds. The van der Waals surface area contributed by atoms with Crippen LogP contribution in [0.25, 0.3) is 11.0 Å². The number of hydrogen-bond acceptors (Lipinski definition) is 1. The highest BCUT2D eigenvalue weighted by atomic mass is 35.5. The lowest BCUT2D eigenvalue weighted by Crippen LogP contribution is -1.79. The fourth-order valence-electron chi connectivity index (χ4n) is 1.44. The Balaban J connectivity index is 2.88. The van der Waals surface area contributed by atoms with Crippen LogP contribution in [0.2, 0.25) is 5.28 Å². The van der Waals surface area contributed by atoms with Crippen molar-refractivity contribution in [2.24, 2.45) is 0 Å². The van der Waals surface area contributed by atoms with E-state index >= 15 is 0 Å². The third-order valence-electron chi connectivity index (χ3n) is 1.89. The molecule has 2 aromatic rings. The van der Waals surface area contributed by atoms with Gasteiger partial charge in [-0.2, -0.15) is 0 Å². The second-order valence-corrected chi connectivity index (χ2v) is 3.36. The Hall–Kier alpha value is -1.02. The summed E-state index contributed by atoms with van der Waals surface area (Å²) in [4.78, 5) is 7.16. The Morgan fingerprint density at radius 1 is 1.33 bits per heavy atom. The normalized spacial score (nSPS) is 10.9. The van der Waals surface area contributed by atoms with Gasteiger partial charge in [-0.3, -0.25) is 0 Å². The highest BCUT2D eigenvalue weighted by Crippen LogP contribution is 2.19. The first-order valence-corrected chi connectivity index (χ1v) is 4.17. The number of aromatic nitrogens is 2. The maximum absolute atomic E-state index is 5.74. The second-order valence-electron chi connectivity index (χ2n) is 3.01. The lowest BCUT2D eigenvalue weighted by molar-refractivity contribution is 1.34. The molecule has 1 aromatic heterocycles. The van der Waals surface area contributed by atoms with Crippen molar-refractivity contribution in [1.29, 1.82) is 0 Å². The van der Waals surface area contributed by atoms with Gasteiger partial charge in [-0.1, -0.05) is 6.07 Å². The molecule has 1 aromatic carbocycles. The van der Waals surface area contributed by atoms with Crippen molar-refractivity contribution in [2.45, 2.75) is 13.8 Å². The van der Waals surface area contributed by atoms with Crippen LogP contribution in [-0.2, 0) is 0 Å². The Labute approximate surface area is 75.6 Å². The average Bonchev–Trinajstić information content (AvgIpc) is 2.29. The summed E-state index contributed by atoms with van der Waals surface area (Å²) in [6.45, 7) is 4.09. The van der Waals surface area contributed by atoms with Crippen molar-refractivity contribution in [2.75, 3.05) is 0 Å². The molecule has 3 heteroatoms. The van der Waals surface area contributed by atoms with Crippen molar-refractivity contribution >= 4 is 22.6 Å². The number of imidazole rings is 1. The van der Waals surface area contributed by atoms with Crippen molar-refractivity contribution < 1.29 is 0 Å². The zero-order chi connectivity index (χ0) is 8.72. The van der Waals surface area contributed by atoms with E-state index < -0.39 is 0 Å². The highest BCUT2D eigenvalue weighted by molar-refractivity contribution is 6.29. The Morgan fingerprint density at radius 2 is 2.08 bits per heavy atom. The Bertz CT molecular complexity index is 431. The average molecular weight is 181 g/mol. The van der Waals surface area contributed by atoms with Crippen molar-refractivity contribution in [3.63, 3.8) is 0 Å². The van der Waals surface area contributed by atoms with E-state index in [1.807, 2.05) is 13.0 Å². The number of nitrogens with one attached hydrogen (secondary N) is 1. The van der Waals surface area contributed by atoms with Gasteiger partial charge in [-0.25, -0.2) is 4.98 Å². The summed E-state index contributed by atoms with van der Waals surface area (Å²) in [6.07, 6.45) is 0. The van der Waals surface area contributed by atoms with Crippen molar-refractivity contribution in [3.8, 4) is 0 Å². The molecule has 0 aliphatic heterocycles. The van der Waals surface area contributed by atoms with E-state index in [1.165, 1.54) is 5.56 Å². The van der Waals surface area contributed by atoms with Gasteiger partial charge < -0.3 is 4.98 Å². The number of benzene rings is 1. The molecular formula is C9H9ClN2. The summed E-state index contributed by atoms with van der Waals surface area (Å²) < 4.78 is 0. The topological polar surface area (TPSA) is 28.7 Å². The fourth-order valence-corrected chi connectivity index (χ4v) is 1.63. The standard InChI is InChI=1S/C9H9ClN2/c1-5-3-6(2)8-7(4-5)11-9(10)12-8/h3-4H,1-2H3,(H,11,12). The number of rotatable bonds is 0. The smallest absolute Gasteiger partial charge is 0.201 e. The summed E-state index contributed by atoms with van der Waals surface area (Å²) in [5, 5.41) is 0.457. The van der Waals surface area contributed by atoms with Crippen LogP contribution in [0.4, 0.5) is 0 Å². The van der Waals surface area contributed by atoms with E-state index in [9.17, 15) is 0 Å². The van der Waals surface area contributed by atoms with Gasteiger partial charge in [-0.05, 0) is 42.6 Å². The van der Waals surface area contributed by atoms with Gasteiger partial charge in [0.05, 0.1) is 11.0 Å². The number of aromatic amines is 1. The lowest BCUT2D eigenvalue weighted by atomic mass is 10.1. The molecule has 0 atom stereocenters. The van der Waals surface area contributed by atoms with Crippen molar-refractivity contribution in [3.05, 3.63) is 28.5 Å². The number of halogens is 1. The SMILES string of the molecule is Cc1cc(C)c2nc(Cl)[nH]c2c1. The number of nitrogens with zero attached hydrogens (tertiary/aromatic N) is 1. The fraction of sp³-hybridized carbons (Fsp3) is 0.222. The van der Waals surface area contributed by atoms with Crippen LogP contribution >= 0.6 is 11.6 Å². The highest BCUT2D eigenvalue weighted by Gasteiger charge is 2.03. The summed E-state index contributed by atoms with van der Waals surface area (Å²) in [6, 6.07) is 4.14. The molecule has 0 unspecified atom stereocenters. The first kappa shape index (κ1) is 7.62. The van der Waals surface area contributed by atoms with E-state index in [0.29, 0.717) is 5.28 Å². The monoisotopic (exact) mass is 180 g/mol. The van der Waals surface area contributed by atoms with E-state index in [1.54, 1.807) is 0 Å². The van der Waals surface area contributed by atoms with Crippen LogP contribution in [0.3, 0.4) is 0 Å². The molecular weight excluding hydrogens is 172 g/mol. The van der Waals surface area contributed by atoms with E-state index in [0.717, 1.165) is 16.6 Å². The molecule has 1 heterocycles. The lowest BCUT2D eigenvalue weighted by Gasteiger charge is -1.95. The number of aryl methyl sites for hydroxylation is 2. The molecule has 0 saturated heterocycles. The predicted molar refractivity (Wildman–Crippen MR) is 50.6 cm³/mol. The first-order valence-electron chi connectivity index (χ1n) is 3.79. The molecule has 0 spiro atoms. The van der Waals surface area contributed by atoms with Crippen LogP contribution in [0.1, 0.15) is 11.1 Å². The molecule has 0 aliphatic carbocycles. The minimum atomic E-state index is 0.457. The minimum absolute atomic E-state index is 0.457. The predicted octanol–water partition coefficient (Wildman–Crippen LogP) is 2.83. The van der Waals surface area contributed by atoms with Gasteiger partial charge in [0, 0.05) is 0 Å². The molecule has 62 valence electrons. The molecule has 12 heavy (non-hydrogen) atoms. The van der Waals surface area contributed by atoms with Gasteiger partial charge in [0.25, 0.3) is 0 Å². The van der Waals surface area contributed by atoms with Gasteiger partial charge in [0.1, 0.15) is 0 Å². The molecule has 0 saturated carbocycles. The first-order chi connectivity index (χ1) is 5.66. The largest absolute Gasteiger partial charge is 0.329 e. The molecule has 1 N–H and O–H groups in total. The van der Waals surface area contributed by atoms with Crippen LogP contribution in [-0.4, -0.2) is 9.97 Å². The molecule has 2 rings (SSSR count). The third-order valence-corrected chi connectivity index (χ3v) is 2.07. The van der Waals surface area contributed by atoms with E-state index in [4.69, 9.17) is 11.6 Å². The minimum Gasteiger partial charge on any atom is -0.329 e. The second kappa shape index (κ2) is 2.49. The molecule has 2 nitrogen and oxygen atoms in total. The summed E-state index contributed by atoms with van der Waals surface area (Å²) in [5.41, 5.74) is 4.36. The summed E-state index contributed by atoms with van der Waals surface area (Å²) in [5.74, 6) is 0. The number of fused-ring (bicyclic) bond motifs is 1. The molecule has 0 radical (unpaired) electrons. The van der Waals surface area contributed by atoms with Crippen LogP contribution in [0, 0.1) is 13.8 Å². The third kappa shape index (κ3) is 1.08. The van der Waals surface area contributed by atoms with Crippen LogP contribution < -0.4 is 0 Å². The molecule has 0 fully saturated rings. The number of H-pyrrole nitrogens is 1. The van der Waals surface area contributed by atoms with E-state index in [-0.39, 0.29) is 0 Å². The van der Waals surface area contributed by atoms with Gasteiger partial charge in [0.15, 0.2) is 0 Å². The Kier molecular flexibility index (Phi) is 1.58. The molecule has 0 bridgehead atoms. The zero-order valence-electron chi connectivity index (χ0n) is 6.98. The quantitative estimate of drug-likeness (QED) is 0.664. The number of hydrogen-bond donors (Lipinski definition) is 1. The van der Waals surface area contributed by atoms with E-state index in [2.05, 4.69) is 23.0 Å². The summed E-state index contributed by atoms with van der Waals surface area (Å²) >= 11 is 5.74. The maximum Gasteiger partial charge on any atom is 0.201 e.